The van der Waals surface area contributed by atoms with Gasteiger partial charge in [-0.3, -0.25) is 19.2 Å². The highest BCUT2D eigenvalue weighted by molar-refractivity contribution is 9.10. The van der Waals surface area contributed by atoms with Gasteiger partial charge in [-0.1, -0.05) is 58.4 Å². The molecule has 8 nitrogen and oxygen atoms in total. The van der Waals surface area contributed by atoms with Crippen molar-refractivity contribution in [2.24, 2.45) is 11.8 Å². The van der Waals surface area contributed by atoms with Crippen LogP contribution >= 0.6 is 15.9 Å². The molecule has 2 fully saturated rings. The molecule has 2 amide bonds. The fraction of sp³-hybridized carbons (Fsp3) is 0.207. The third-order valence-corrected chi connectivity index (χ3v) is 8.09. The van der Waals surface area contributed by atoms with Crippen LogP contribution in [0.2, 0.25) is 0 Å². The van der Waals surface area contributed by atoms with Crippen molar-refractivity contribution in [2.45, 2.75) is 18.6 Å². The Bertz CT molecular complexity index is 1510. The van der Waals surface area contributed by atoms with Crippen LogP contribution in [0.15, 0.2) is 77.3 Å². The minimum atomic E-state index is -2.15. The average molecular weight is 574 g/mol. The smallest absolute Gasteiger partial charge is 0.338 e. The fourth-order valence-electron chi connectivity index (χ4n) is 5.72. The summed E-state index contributed by atoms with van der Waals surface area (Å²) >= 11 is 3.48. The normalized spacial score (nSPS) is 23.2. The van der Waals surface area contributed by atoms with Gasteiger partial charge in [0.25, 0.3) is 0 Å². The number of hydrogen-bond donors (Lipinski definition) is 0. The van der Waals surface area contributed by atoms with Crippen molar-refractivity contribution in [1.82, 2.24) is 0 Å². The number of rotatable bonds is 4. The first-order chi connectivity index (χ1) is 18.3. The molecule has 0 radical (unpaired) electrons. The van der Waals surface area contributed by atoms with Gasteiger partial charge in [-0.2, -0.15) is 0 Å². The Balaban J connectivity index is 1.48. The van der Waals surface area contributed by atoms with Gasteiger partial charge in [0.05, 0.1) is 35.8 Å². The highest BCUT2D eigenvalue weighted by Crippen LogP contribution is 2.58. The van der Waals surface area contributed by atoms with Crippen molar-refractivity contribution in [2.75, 3.05) is 11.5 Å². The first-order valence-corrected chi connectivity index (χ1v) is 12.9. The van der Waals surface area contributed by atoms with Gasteiger partial charge in [0.2, 0.25) is 29.0 Å². The van der Waals surface area contributed by atoms with Gasteiger partial charge in [-0.05, 0) is 42.8 Å². The predicted molar refractivity (Wildman–Crippen MR) is 138 cm³/mol. The van der Waals surface area contributed by atoms with Crippen LogP contribution in [0.25, 0.3) is 0 Å². The summed E-state index contributed by atoms with van der Waals surface area (Å²) < 4.78 is 11.9. The lowest BCUT2D eigenvalue weighted by molar-refractivity contribution is -0.127. The molecule has 2 heterocycles. The number of ketones is 2. The second-order valence-electron chi connectivity index (χ2n) is 9.28. The predicted octanol–water partition coefficient (Wildman–Crippen LogP) is 4.32. The number of Topliss-reactive ketones (excluding diaryl/α,β-unsaturated/α-hetero) is 2. The summed E-state index contributed by atoms with van der Waals surface area (Å²) in [7, 11) is 0. The molecule has 1 spiro atoms. The molecule has 9 heteroatoms. The molecule has 3 aliphatic rings. The highest BCUT2D eigenvalue weighted by atomic mass is 79.9. The van der Waals surface area contributed by atoms with Crippen LogP contribution in [-0.4, -0.2) is 41.6 Å². The van der Waals surface area contributed by atoms with Gasteiger partial charge < -0.3 is 9.47 Å². The topological polar surface area (TPSA) is 107 Å². The van der Waals surface area contributed by atoms with E-state index >= 15 is 0 Å². The second-order valence-corrected chi connectivity index (χ2v) is 10.1. The maximum atomic E-state index is 14.0. The molecule has 3 aromatic rings. The van der Waals surface area contributed by atoms with E-state index in [-0.39, 0.29) is 29.0 Å². The van der Waals surface area contributed by atoms with Crippen LogP contribution in [0.3, 0.4) is 0 Å². The van der Waals surface area contributed by atoms with Crippen molar-refractivity contribution in [3.63, 3.8) is 0 Å². The molecule has 6 rings (SSSR count). The molecule has 2 saturated heterocycles. The SMILES string of the molecule is CCOC(=O)c1ccc(N2C(=O)[C@@H]3[C@@H](c4ccccc4Br)OC4(C(=O)c5ccccc5C4=O)[C@@H]3C2=O)cc1. The van der Waals surface area contributed by atoms with E-state index in [2.05, 4.69) is 15.9 Å². The summed E-state index contributed by atoms with van der Waals surface area (Å²) in [6, 6.07) is 19.2. The van der Waals surface area contributed by atoms with Gasteiger partial charge in [-0.25, -0.2) is 9.69 Å². The number of nitrogens with zero attached hydrogens (tertiary/aromatic N) is 1. The Hall–Kier alpha value is -3.95. The molecule has 0 unspecified atom stereocenters. The number of carbonyl (C=O) groups excluding carboxylic acids is 5. The summed E-state index contributed by atoms with van der Waals surface area (Å²) in [6.45, 7) is 1.89. The summed E-state index contributed by atoms with van der Waals surface area (Å²) in [6.07, 6.45) is -1.03. The molecule has 0 aromatic heterocycles. The minimum Gasteiger partial charge on any atom is -0.462 e. The number of esters is 1. The van der Waals surface area contributed by atoms with E-state index in [9.17, 15) is 24.0 Å². The van der Waals surface area contributed by atoms with E-state index in [1.165, 1.54) is 36.4 Å². The van der Waals surface area contributed by atoms with Crippen LogP contribution in [-0.2, 0) is 19.1 Å². The third kappa shape index (κ3) is 3.21. The molecule has 3 aromatic carbocycles. The largest absolute Gasteiger partial charge is 0.462 e. The number of anilines is 1. The first-order valence-electron chi connectivity index (χ1n) is 12.1. The Morgan fingerprint density at radius 2 is 1.50 bits per heavy atom. The molecule has 38 heavy (non-hydrogen) atoms. The number of carbonyl (C=O) groups is 5. The van der Waals surface area contributed by atoms with Crippen LogP contribution in [0, 0.1) is 11.8 Å². The number of halogens is 1. The van der Waals surface area contributed by atoms with Crippen LogP contribution in [0.5, 0.6) is 0 Å². The third-order valence-electron chi connectivity index (χ3n) is 7.37. The van der Waals surface area contributed by atoms with E-state index in [1.807, 2.05) is 0 Å². The second kappa shape index (κ2) is 8.82. The maximum absolute atomic E-state index is 14.0. The standard InChI is InChI=1S/C29H20BrNO7/c1-2-37-28(36)15-11-13-16(14-12-15)31-26(34)21-22(27(31)35)29(38-23(21)19-9-5-6-10-20(19)30)24(32)17-7-3-4-8-18(17)25(29)33/h3-14,21-23H,2H2,1H3/t21-,22-,23+/m0/s1. The van der Waals surface area contributed by atoms with Crippen LogP contribution in [0.4, 0.5) is 5.69 Å². The lowest BCUT2D eigenvalue weighted by Gasteiger charge is -2.27. The van der Waals surface area contributed by atoms with E-state index in [0.717, 1.165) is 4.90 Å². The lowest BCUT2D eigenvalue weighted by atomic mass is 9.77. The zero-order chi connectivity index (χ0) is 26.8. The van der Waals surface area contributed by atoms with Crippen molar-refractivity contribution in [1.29, 1.82) is 0 Å². The Kier molecular flexibility index (Phi) is 5.66. The molecule has 1 aliphatic carbocycles. The quantitative estimate of drug-likeness (QED) is 0.260. The van der Waals surface area contributed by atoms with Gasteiger partial charge >= 0.3 is 5.97 Å². The number of hydrogen-bond acceptors (Lipinski definition) is 7. The summed E-state index contributed by atoms with van der Waals surface area (Å²) in [5.74, 6) is -5.54. The molecule has 0 saturated carbocycles. The van der Waals surface area contributed by atoms with E-state index in [4.69, 9.17) is 9.47 Å². The number of ether oxygens (including phenoxy) is 2. The van der Waals surface area contributed by atoms with Gasteiger partial charge in [0.1, 0.15) is 0 Å². The highest BCUT2D eigenvalue weighted by Gasteiger charge is 2.74. The number of fused-ring (bicyclic) bond motifs is 3. The summed E-state index contributed by atoms with van der Waals surface area (Å²) in [5, 5.41) is 0. The van der Waals surface area contributed by atoms with Crippen molar-refractivity contribution < 1.29 is 33.4 Å². The average Bonchev–Trinajstić information content (AvgIpc) is 3.49. The van der Waals surface area contributed by atoms with Crippen molar-refractivity contribution >= 4 is 51.0 Å². The molecule has 3 atom stereocenters. The Morgan fingerprint density at radius 3 is 2.11 bits per heavy atom. The van der Waals surface area contributed by atoms with Crippen LogP contribution in [0.1, 0.15) is 49.7 Å². The summed E-state index contributed by atoms with van der Waals surface area (Å²) in [4.78, 5) is 68.6. The van der Waals surface area contributed by atoms with E-state index in [1.54, 1.807) is 43.3 Å². The van der Waals surface area contributed by atoms with E-state index < -0.39 is 52.9 Å². The van der Waals surface area contributed by atoms with Crippen molar-refractivity contribution in [3.05, 3.63) is 99.5 Å². The van der Waals surface area contributed by atoms with Crippen molar-refractivity contribution in [3.8, 4) is 0 Å². The number of amides is 2. The van der Waals surface area contributed by atoms with Gasteiger partial charge in [0.15, 0.2) is 0 Å². The first kappa shape index (κ1) is 24.4. The maximum Gasteiger partial charge on any atom is 0.338 e. The fourth-order valence-corrected chi connectivity index (χ4v) is 6.23. The molecule has 0 bridgehead atoms. The molecule has 0 N–H and O–H groups in total. The zero-order valence-corrected chi connectivity index (χ0v) is 21.6. The molecule has 2 aliphatic heterocycles. The molecule has 190 valence electrons. The number of imide groups is 1. The van der Waals surface area contributed by atoms with E-state index in [0.29, 0.717) is 10.0 Å². The minimum absolute atomic E-state index is 0.168. The summed E-state index contributed by atoms with van der Waals surface area (Å²) in [5.41, 5.74) is -0.781. The zero-order valence-electron chi connectivity index (χ0n) is 20.1. The Labute approximate surface area is 225 Å². The molecular weight excluding hydrogens is 554 g/mol. The number of benzene rings is 3. The lowest BCUT2D eigenvalue weighted by Crippen LogP contribution is -2.51. The van der Waals surface area contributed by atoms with Crippen LogP contribution < -0.4 is 4.90 Å². The van der Waals surface area contributed by atoms with Gasteiger partial charge in [-0.15, -0.1) is 0 Å². The monoisotopic (exact) mass is 573 g/mol. The van der Waals surface area contributed by atoms with Gasteiger partial charge in [0, 0.05) is 15.6 Å². The Morgan fingerprint density at radius 1 is 0.895 bits per heavy atom. The molecular formula is C29H20BrNO7.